The molecule has 0 bridgehead atoms. The van der Waals surface area contributed by atoms with E-state index in [9.17, 15) is 4.39 Å². The zero-order valence-corrected chi connectivity index (χ0v) is 9.27. The van der Waals surface area contributed by atoms with Gasteiger partial charge in [0.1, 0.15) is 12.4 Å². The summed E-state index contributed by atoms with van der Waals surface area (Å²) in [6.07, 6.45) is 1.55. The molecule has 0 radical (unpaired) electrons. The lowest BCUT2D eigenvalue weighted by Crippen LogP contribution is -2.13. The predicted molar refractivity (Wildman–Crippen MR) is 64.6 cm³/mol. The third-order valence-electron chi connectivity index (χ3n) is 2.16. The summed E-state index contributed by atoms with van der Waals surface area (Å²) in [4.78, 5) is 3.88. The number of hydrogen-bond donors (Lipinski definition) is 1. The normalized spacial score (nSPS) is 9.94. The summed E-state index contributed by atoms with van der Waals surface area (Å²) in [5.74, 6) is 0.701. The first-order valence-corrected chi connectivity index (χ1v) is 5.38. The third kappa shape index (κ3) is 3.45. The molecule has 2 aromatic rings. The SMILES string of the molecule is Fc1cccnc1NCCOc1ccccc1. The maximum Gasteiger partial charge on any atom is 0.165 e. The first-order valence-electron chi connectivity index (χ1n) is 5.38. The Balaban J connectivity index is 1.76. The number of benzene rings is 1. The van der Waals surface area contributed by atoms with Crippen LogP contribution in [0.1, 0.15) is 0 Å². The largest absolute Gasteiger partial charge is 0.492 e. The molecule has 17 heavy (non-hydrogen) atoms. The van der Waals surface area contributed by atoms with Gasteiger partial charge in [0.05, 0.1) is 6.54 Å². The molecular weight excluding hydrogens is 219 g/mol. The second-order valence-electron chi connectivity index (χ2n) is 3.42. The Morgan fingerprint density at radius 3 is 2.71 bits per heavy atom. The molecule has 0 atom stereocenters. The summed E-state index contributed by atoms with van der Waals surface area (Å²) in [6.45, 7) is 0.961. The molecule has 88 valence electrons. The average Bonchev–Trinajstić information content (AvgIpc) is 2.38. The lowest BCUT2D eigenvalue weighted by atomic mass is 10.3. The molecule has 0 saturated heterocycles. The van der Waals surface area contributed by atoms with Crippen LogP contribution >= 0.6 is 0 Å². The van der Waals surface area contributed by atoms with Crippen molar-refractivity contribution in [3.05, 3.63) is 54.5 Å². The minimum Gasteiger partial charge on any atom is -0.492 e. The Kier molecular flexibility index (Phi) is 3.91. The third-order valence-corrected chi connectivity index (χ3v) is 2.16. The highest BCUT2D eigenvalue weighted by Crippen LogP contribution is 2.09. The Morgan fingerprint density at radius 1 is 1.12 bits per heavy atom. The van der Waals surface area contributed by atoms with Crippen LogP contribution in [0.3, 0.4) is 0 Å². The number of nitrogens with one attached hydrogen (secondary N) is 1. The molecule has 0 amide bonds. The van der Waals surface area contributed by atoms with E-state index in [0.29, 0.717) is 13.2 Å². The van der Waals surface area contributed by atoms with Gasteiger partial charge in [-0.1, -0.05) is 18.2 Å². The second-order valence-corrected chi connectivity index (χ2v) is 3.42. The molecule has 0 saturated carbocycles. The number of rotatable bonds is 5. The summed E-state index contributed by atoms with van der Waals surface area (Å²) in [5.41, 5.74) is 0. The molecule has 0 fully saturated rings. The zero-order chi connectivity index (χ0) is 11.9. The molecule has 0 aliphatic carbocycles. The van der Waals surface area contributed by atoms with Gasteiger partial charge in [0.15, 0.2) is 11.6 Å². The first-order chi connectivity index (χ1) is 8.36. The molecule has 0 aliphatic heterocycles. The van der Waals surface area contributed by atoms with E-state index in [4.69, 9.17) is 4.74 Å². The van der Waals surface area contributed by atoms with Gasteiger partial charge in [0.25, 0.3) is 0 Å². The number of aromatic nitrogens is 1. The smallest absolute Gasteiger partial charge is 0.165 e. The van der Waals surface area contributed by atoms with Gasteiger partial charge in [-0.25, -0.2) is 9.37 Å². The van der Waals surface area contributed by atoms with Crippen molar-refractivity contribution in [2.75, 3.05) is 18.5 Å². The average molecular weight is 232 g/mol. The van der Waals surface area contributed by atoms with Gasteiger partial charge in [-0.3, -0.25) is 0 Å². The lowest BCUT2D eigenvalue weighted by Gasteiger charge is -2.08. The number of para-hydroxylation sites is 1. The quantitative estimate of drug-likeness (QED) is 0.805. The summed E-state index contributed by atoms with van der Waals surface area (Å²) >= 11 is 0. The van der Waals surface area contributed by atoms with Gasteiger partial charge >= 0.3 is 0 Å². The fourth-order valence-electron chi connectivity index (χ4n) is 1.37. The van der Waals surface area contributed by atoms with E-state index in [0.717, 1.165) is 5.75 Å². The van der Waals surface area contributed by atoms with E-state index in [2.05, 4.69) is 10.3 Å². The number of pyridine rings is 1. The van der Waals surface area contributed by atoms with Crippen LogP contribution in [0, 0.1) is 5.82 Å². The molecule has 2 rings (SSSR count). The van der Waals surface area contributed by atoms with Gasteiger partial charge in [-0.15, -0.1) is 0 Å². The molecule has 1 aromatic heterocycles. The van der Waals surface area contributed by atoms with Crippen LogP contribution in [0.25, 0.3) is 0 Å². The Labute approximate surface area is 99.3 Å². The molecule has 0 spiro atoms. The van der Waals surface area contributed by atoms with Crippen molar-refractivity contribution in [2.45, 2.75) is 0 Å². The summed E-state index contributed by atoms with van der Waals surface area (Å²) in [6, 6.07) is 12.4. The standard InChI is InChI=1S/C13H13FN2O/c14-12-7-4-8-15-13(12)16-9-10-17-11-5-2-1-3-6-11/h1-8H,9-10H2,(H,15,16). The van der Waals surface area contributed by atoms with E-state index in [1.54, 1.807) is 12.3 Å². The number of halogens is 1. The maximum atomic E-state index is 13.2. The van der Waals surface area contributed by atoms with Crippen molar-refractivity contribution in [3.8, 4) is 5.75 Å². The number of hydrogen-bond acceptors (Lipinski definition) is 3. The molecular formula is C13H13FN2O. The monoisotopic (exact) mass is 232 g/mol. The van der Waals surface area contributed by atoms with Crippen LogP contribution in [-0.2, 0) is 0 Å². The van der Waals surface area contributed by atoms with Crippen LogP contribution in [0.4, 0.5) is 10.2 Å². The summed E-state index contributed by atoms with van der Waals surface area (Å²) in [5, 5.41) is 2.87. The Bertz CT molecular complexity index is 462. The minimum absolute atomic E-state index is 0.254. The summed E-state index contributed by atoms with van der Waals surface area (Å²) < 4.78 is 18.6. The van der Waals surface area contributed by atoms with Crippen LogP contribution in [0.2, 0.25) is 0 Å². The van der Waals surface area contributed by atoms with Crippen LogP contribution < -0.4 is 10.1 Å². The van der Waals surface area contributed by atoms with Crippen molar-refractivity contribution in [2.24, 2.45) is 0 Å². The topological polar surface area (TPSA) is 34.2 Å². The van der Waals surface area contributed by atoms with Gasteiger partial charge in [-0.2, -0.15) is 0 Å². The molecule has 3 nitrogen and oxygen atoms in total. The molecule has 1 heterocycles. The van der Waals surface area contributed by atoms with Gasteiger partial charge in [0.2, 0.25) is 0 Å². The van der Waals surface area contributed by atoms with Gasteiger partial charge < -0.3 is 10.1 Å². The predicted octanol–water partition coefficient (Wildman–Crippen LogP) is 2.71. The number of nitrogens with zero attached hydrogens (tertiary/aromatic N) is 1. The van der Waals surface area contributed by atoms with Gasteiger partial charge in [0, 0.05) is 6.20 Å². The highest BCUT2D eigenvalue weighted by molar-refractivity contribution is 5.35. The Hall–Kier alpha value is -2.10. The van der Waals surface area contributed by atoms with E-state index >= 15 is 0 Å². The highest BCUT2D eigenvalue weighted by atomic mass is 19.1. The van der Waals surface area contributed by atoms with Crippen molar-refractivity contribution in [1.29, 1.82) is 0 Å². The molecule has 0 aliphatic rings. The summed E-state index contributed by atoms with van der Waals surface area (Å²) in [7, 11) is 0. The highest BCUT2D eigenvalue weighted by Gasteiger charge is 2.00. The van der Waals surface area contributed by atoms with E-state index < -0.39 is 0 Å². The van der Waals surface area contributed by atoms with Crippen molar-refractivity contribution in [1.82, 2.24) is 4.98 Å². The molecule has 0 unspecified atom stereocenters. The Morgan fingerprint density at radius 2 is 1.94 bits per heavy atom. The molecule has 1 N–H and O–H groups in total. The zero-order valence-electron chi connectivity index (χ0n) is 9.27. The lowest BCUT2D eigenvalue weighted by molar-refractivity contribution is 0.332. The van der Waals surface area contributed by atoms with Crippen molar-refractivity contribution >= 4 is 5.82 Å². The fourth-order valence-corrected chi connectivity index (χ4v) is 1.37. The molecule has 1 aromatic carbocycles. The van der Waals surface area contributed by atoms with Crippen LogP contribution in [0.5, 0.6) is 5.75 Å². The first kappa shape index (κ1) is 11.4. The van der Waals surface area contributed by atoms with Crippen LogP contribution in [-0.4, -0.2) is 18.1 Å². The number of ether oxygens (including phenoxy) is 1. The molecule has 4 heteroatoms. The van der Waals surface area contributed by atoms with E-state index in [1.807, 2.05) is 30.3 Å². The number of anilines is 1. The van der Waals surface area contributed by atoms with Crippen molar-refractivity contribution < 1.29 is 9.13 Å². The van der Waals surface area contributed by atoms with E-state index in [1.165, 1.54) is 6.07 Å². The van der Waals surface area contributed by atoms with Crippen molar-refractivity contribution in [3.63, 3.8) is 0 Å². The van der Waals surface area contributed by atoms with Gasteiger partial charge in [-0.05, 0) is 24.3 Å². The minimum atomic E-state index is -0.354. The maximum absolute atomic E-state index is 13.2. The fraction of sp³-hybridized carbons (Fsp3) is 0.154. The van der Waals surface area contributed by atoms with Crippen LogP contribution in [0.15, 0.2) is 48.7 Å². The van der Waals surface area contributed by atoms with E-state index in [-0.39, 0.29) is 11.6 Å². The second kappa shape index (κ2) is 5.84.